The summed E-state index contributed by atoms with van der Waals surface area (Å²) in [6.45, 7) is -2.47. The van der Waals surface area contributed by atoms with E-state index in [2.05, 4.69) is 4.74 Å². The van der Waals surface area contributed by atoms with Crippen LogP contribution in [-0.4, -0.2) is 41.6 Å². The van der Waals surface area contributed by atoms with Crippen LogP contribution in [0.25, 0.3) is 0 Å². The highest BCUT2D eigenvalue weighted by molar-refractivity contribution is 7.12. The summed E-state index contributed by atoms with van der Waals surface area (Å²) in [5.41, 5.74) is 0. The third-order valence-corrected chi connectivity index (χ3v) is 3.98. The molecule has 1 atom stereocenters. The predicted molar refractivity (Wildman–Crippen MR) is 67.2 cm³/mol. The van der Waals surface area contributed by atoms with Crippen LogP contribution in [0.4, 0.5) is 8.78 Å². The van der Waals surface area contributed by atoms with E-state index in [0.29, 0.717) is 19.4 Å². The lowest BCUT2D eigenvalue weighted by molar-refractivity contribution is -0.143. The lowest BCUT2D eigenvalue weighted by Gasteiger charge is -2.30. The van der Waals surface area contributed by atoms with Gasteiger partial charge in [0.15, 0.2) is 0 Å². The first-order valence-corrected chi connectivity index (χ1v) is 6.91. The minimum atomic E-state index is -3.00. The van der Waals surface area contributed by atoms with Gasteiger partial charge in [0.2, 0.25) is 0 Å². The van der Waals surface area contributed by atoms with Gasteiger partial charge < -0.3 is 14.7 Å². The van der Waals surface area contributed by atoms with Gasteiger partial charge >= 0.3 is 12.6 Å². The molecule has 1 unspecified atom stereocenters. The predicted octanol–water partition coefficient (Wildman–Crippen LogP) is 2.29. The fraction of sp³-hybridized carbons (Fsp3) is 0.500. The molecule has 20 heavy (non-hydrogen) atoms. The van der Waals surface area contributed by atoms with E-state index in [1.807, 2.05) is 0 Å². The van der Waals surface area contributed by atoms with E-state index in [0.717, 1.165) is 11.3 Å². The Morgan fingerprint density at radius 1 is 1.50 bits per heavy atom. The molecule has 1 aromatic rings. The number of likely N-dealkylation sites (tertiary alicyclic amines) is 1. The van der Waals surface area contributed by atoms with Crippen LogP contribution in [-0.2, 0) is 4.79 Å². The maximum absolute atomic E-state index is 12.2. The number of aliphatic carboxylic acids is 1. The minimum Gasteiger partial charge on any atom is -0.481 e. The molecule has 1 aromatic heterocycles. The lowest BCUT2D eigenvalue weighted by atomic mass is 9.98. The van der Waals surface area contributed by atoms with E-state index in [1.165, 1.54) is 16.3 Å². The molecular weight excluding hydrogens is 292 g/mol. The second-order valence-electron chi connectivity index (χ2n) is 4.42. The SMILES string of the molecule is O=C(O)C1CCCN(C(=O)c2sccc2OC(F)F)C1. The van der Waals surface area contributed by atoms with Crippen molar-refractivity contribution in [3.05, 3.63) is 16.3 Å². The number of hydrogen-bond donors (Lipinski definition) is 1. The van der Waals surface area contributed by atoms with Crippen LogP contribution in [0.5, 0.6) is 5.75 Å². The van der Waals surface area contributed by atoms with Gasteiger partial charge in [0.25, 0.3) is 5.91 Å². The van der Waals surface area contributed by atoms with Gasteiger partial charge in [0.1, 0.15) is 10.6 Å². The van der Waals surface area contributed by atoms with Gasteiger partial charge in [-0.25, -0.2) is 0 Å². The highest BCUT2D eigenvalue weighted by Gasteiger charge is 2.30. The van der Waals surface area contributed by atoms with E-state index in [1.54, 1.807) is 0 Å². The summed E-state index contributed by atoms with van der Waals surface area (Å²) in [6, 6.07) is 1.31. The van der Waals surface area contributed by atoms with Gasteiger partial charge in [-0.1, -0.05) is 0 Å². The minimum absolute atomic E-state index is 0.0799. The van der Waals surface area contributed by atoms with Gasteiger partial charge in [-0.2, -0.15) is 8.78 Å². The third kappa shape index (κ3) is 3.24. The molecule has 110 valence electrons. The fourth-order valence-corrected chi connectivity index (χ4v) is 2.94. The number of piperidine rings is 1. The van der Waals surface area contributed by atoms with E-state index in [4.69, 9.17) is 5.11 Å². The lowest BCUT2D eigenvalue weighted by Crippen LogP contribution is -2.42. The molecule has 0 radical (unpaired) electrons. The Bertz CT molecular complexity index is 505. The third-order valence-electron chi connectivity index (χ3n) is 3.10. The first kappa shape index (κ1) is 14.7. The largest absolute Gasteiger partial charge is 0.481 e. The van der Waals surface area contributed by atoms with Crippen LogP contribution in [0.1, 0.15) is 22.5 Å². The van der Waals surface area contributed by atoms with Gasteiger partial charge in [-0.3, -0.25) is 9.59 Å². The zero-order chi connectivity index (χ0) is 14.7. The number of carboxylic acids is 1. The van der Waals surface area contributed by atoms with Crippen LogP contribution in [0.15, 0.2) is 11.4 Å². The van der Waals surface area contributed by atoms with Crippen molar-refractivity contribution in [1.82, 2.24) is 4.90 Å². The first-order chi connectivity index (χ1) is 9.49. The van der Waals surface area contributed by atoms with Crippen molar-refractivity contribution in [2.75, 3.05) is 13.1 Å². The number of carbonyl (C=O) groups is 2. The number of amides is 1. The van der Waals surface area contributed by atoms with Crippen molar-refractivity contribution in [3.8, 4) is 5.75 Å². The number of carbonyl (C=O) groups excluding carboxylic acids is 1. The molecule has 1 amide bonds. The molecule has 5 nitrogen and oxygen atoms in total. The summed E-state index contributed by atoms with van der Waals surface area (Å²) < 4.78 is 28.7. The molecule has 0 aliphatic carbocycles. The second kappa shape index (κ2) is 6.17. The van der Waals surface area contributed by atoms with Gasteiger partial charge in [0, 0.05) is 13.1 Å². The maximum atomic E-state index is 12.2. The molecule has 0 aromatic carbocycles. The van der Waals surface area contributed by atoms with Crippen LogP contribution in [0.3, 0.4) is 0 Å². The topological polar surface area (TPSA) is 66.8 Å². The number of rotatable bonds is 4. The Hall–Kier alpha value is -1.70. The molecule has 1 saturated heterocycles. The fourth-order valence-electron chi connectivity index (χ4n) is 2.15. The number of ether oxygens (including phenoxy) is 1. The standard InChI is InChI=1S/C12H13F2NO4S/c13-12(14)19-8-3-5-20-9(8)10(16)15-4-1-2-7(6-15)11(17)18/h3,5,7,12H,1-2,4,6H2,(H,17,18). The Balaban J connectivity index is 2.11. The summed E-state index contributed by atoms with van der Waals surface area (Å²) in [7, 11) is 0. The maximum Gasteiger partial charge on any atom is 0.387 e. The van der Waals surface area contributed by atoms with E-state index in [9.17, 15) is 18.4 Å². The first-order valence-electron chi connectivity index (χ1n) is 6.03. The average molecular weight is 305 g/mol. The number of thiophene rings is 1. The Morgan fingerprint density at radius 3 is 2.90 bits per heavy atom. The summed E-state index contributed by atoms with van der Waals surface area (Å²) in [4.78, 5) is 24.7. The van der Waals surface area contributed by atoms with Gasteiger partial charge in [0.05, 0.1) is 5.92 Å². The number of hydrogen-bond acceptors (Lipinski definition) is 4. The molecule has 1 N–H and O–H groups in total. The molecule has 1 aliphatic rings. The van der Waals surface area contributed by atoms with Crippen LogP contribution >= 0.6 is 11.3 Å². The quantitative estimate of drug-likeness (QED) is 0.927. The monoisotopic (exact) mass is 305 g/mol. The zero-order valence-corrected chi connectivity index (χ0v) is 11.2. The van der Waals surface area contributed by atoms with Crippen LogP contribution in [0, 0.1) is 5.92 Å². The highest BCUT2D eigenvalue weighted by Crippen LogP contribution is 2.29. The summed E-state index contributed by atoms with van der Waals surface area (Å²) in [6.07, 6.45) is 1.10. The smallest absolute Gasteiger partial charge is 0.387 e. The zero-order valence-electron chi connectivity index (χ0n) is 10.4. The normalized spacial score (nSPS) is 19.1. The number of carboxylic acid groups (broad SMARTS) is 1. The van der Waals surface area contributed by atoms with Crippen molar-refractivity contribution in [1.29, 1.82) is 0 Å². The highest BCUT2D eigenvalue weighted by atomic mass is 32.1. The van der Waals surface area contributed by atoms with Gasteiger partial charge in [-0.15, -0.1) is 11.3 Å². The summed E-state index contributed by atoms with van der Waals surface area (Å²) in [5.74, 6) is -2.17. The van der Waals surface area contributed by atoms with Crippen molar-refractivity contribution in [3.63, 3.8) is 0 Å². The molecule has 1 aliphatic heterocycles. The average Bonchev–Trinajstić information content (AvgIpc) is 2.85. The van der Waals surface area contributed by atoms with Crippen LogP contribution in [0.2, 0.25) is 0 Å². The Labute approximate surface area is 117 Å². The van der Waals surface area contributed by atoms with Crippen molar-refractivity contribution < 1.29 is 28.2 Å². The number of nitrogens with zero attached hydrogens (tertiary/aromatic N) is 1. The Morgan fingerprint density at radius 2 is 2.25 bits per heavy atom. The van der Waals surface area contributed by atoms with Crippen molar-refractivity contribution in [2.24, 2.45) is 5.92 Å². The molecule has 1 fully saturated rings. The number of halogens is 2. The molecule has 2 heterocycles. The van der Waals surface area contributed by atoms with E-state index >= 15 is 0 Å². The van der Waals surface area contributed by atoms with Crippen molar-refractivity contribution >= 4 is 23.2 Å². The molecule has 8 heteroatoms. The van der Waals surface area contributed by atoms with E-state index in [-0.39, 0.29) is 17.2 Å². The van der Waals surface area contributed by atoms with Gasteiger partial charge in [-0.05, 0) is 24.3 Å². The van der Waals surface area contributed by atoms with E-state index < -0.39 is 24.4 Å². The molecule has 0 saturated carbocycles. The number of alkyl halides is 2. The molecule has 2 rings (SSSR count). The van der Waals surface area contributed by atoms with Crippen molar-refractivity contribution in [2.45, 2.75) is 19.5 Å². The second-order valence-corrected chi connectivity index (χ2v) is 5.34. The molecular formula is C12H13F2NO4S. The summed E-state index contributed by atoms with van der Waals surface area (Å²) >= 11 is 1.01. The summed E-state index contributed by atoms with van der Waals surface area (Å²) in [5, 5.41) is 10.5. The molecule has 0 spiro atoms. The molecule has 0 bridgehead atoms. The van der Waals surface area contributed by atoms with Crippen LogP contribution < -0.4 is 4.74 Å². The Kier molecular flexibility index (Phi) is 4.53.